The van der Waals surface area contributed by atoms with Crippen LogP contribution in [0.1, 0.15) is 24.5 Å². The van der Waals surface area contributed by atoms with Crippen LogP contribution in [0.4, 0.5) is 5.69 Å². The summed E-state index contributed by atoms with van der Waals surface area (Å²) in [5.41, 5.74) is 1.83. The van der Waals surface area contributed by atoms with Crippen LogP contribution in [0, 0.1) is 0 Å². The smallest absolute Gasteiger partial charge is 0.313 e. The summed E-state index contributed by atoms with van der Waals surface area (Å²) in [5, 5.41) is 5.26. The molecule has 1 unspecified atom stereocenters. The molecule has 0 spiro atoms. The molecule has 0 aliphatic carbocycles. The Kier molecular flexibility index (Phi) is 7.58. The number of para-hydroxylation sites is 1. The van der Waals surface area contributed by atoms with Crippen molar-refractivity contribution in [1.82, 2.24) is 10.2 Å². The Hall–Kier alpha value is -2.70. The summed E-state index contributed by atoms with van der Waals surface area (Å²) in [6.07, 6.45) is 1.91. The van der Waals surface area contributed by atoms with Crippen molar-refractivity contribution in [3.8, 4) is 0 Å². The largest absolute Gasteiger partial charge is 0.371 e. The van der Waals surface area contributed by atoms with Gasteiger partial charge in [0, 0.05) is 25.3 Å². The number of ether oxygens (including phenoxy) is 1. The van der Waals surface area contributed by atoms with Gasteiger partial charge in [-0.15, -0.1) is 0 Å². The number of anilines is 1. The van der Waals surface area contributed by atoms with Gasteiger partial charge >= 0.3 is 11.8 Å². The molecule has 28 heavy (non-hydrogen) atoms. The van der Waals surface area contributed by atoms with Crippen LogP contribution in [0.2, 0.25) is 0 Å². The van der Waals surface area contributed by atoms with Crippen molar-refractivity contribution in [3.05, 3.63) is 66.2 Å². The van der Waals surface area contributed by atoms with Gasteiger partial charge in [-0.05, 0) is 37.1 Å². The first-order chi connectivity index (χ1) is 13.7. The van der Waals surface area contributed by atoms with Crippen molar-refractivity contribution >= 4 is 17.5 Å². The number of carbonyl (C=O) groups excluding carboxylic acids is 2. The van der Waals surface area contributed by atoms with Crippen LogP contribution in [0.5, 0.6) is 0 Å². The third-order valence-corrected chi connectivity index (χ3v) is 4.75. The lowest BCUT2D eigenvalue weighted by Crippen LogP contribution is -2.39. The van der Waals surface area contributed by atoms with E-state index in [4.69, 9.17) is 4.74 Å². The van der Waals surface area contributed by atoms with Gasteiger partial charge in [0.1, 0.15) is 0 Å². The Balaban J connectivity index is 1.31. The van der Waals surface area contributed by atoms with Crippen LogP contribution in [0.15, 0.2) is 60.7 Å². The molecule has 1 saturated heterocycles. The molecule has 6 heteroatoms. The molecule has 1 fully saturated rings. The maximum Gasteiger partial charge on any atom is 0.313 e. The average Bonchev–Trinajstić information content (AvgIpc) is 2.75. The van der Waals surface area contributed by atoms with E-state index in [2.05, 4.69) is 27.7 Å². The monoisotopic (exact) mass is 381 g/mol. The van der Waals surface area contributed by atoms with Crippen molar-refractivity contribution in [2.45, 2.75) is 18.9 Å². The number of hydrogen-bond donors (Lipinski definition) is 2. The number of nitrogens with one attached hydrogen (secondary N) is 2. The third kappa shape index (κ3) is 6.18. The fraction of sp³-hybridized carbons (Fsp3) is 0.364. The van der Waals surface area contributed by atoms with E-state index < -0.39 is 11.8 Å². The molecular weight excluding hydrogens is 354 g/mol. The summed E-state index contributed by atoms with van der Waals surface area (Å²) in [7, 11) is 0. The first kappa shape index (κ1) is 20.0. The van der Waals surface area contributed by atoms with Gasteiger partial charge in [-0.3, -0.25) is 14.5 Å². The number of unbranched alkanes of at least 4 members (excludes halogenated alkanes) is 1. The molecule has 148 valence electrons. The minimum Gasteiger partial charge on any atom is -0.371 e. The van der Waals surface area contributed by atoms with E-state index in [1.54, 1.807) is 12.1 Å². The van der Waals surface area contributed by atoms with Crippen LogP contribution >= 0.6 is 0 Å². The van der Waals surface area contributed by atoms with Crippen LogP contribution in [0.25, 0.3) is 0 Å². The fourth-order valence-corrected chi connectivity index (χ4v) is 3.23. The molecule has 0 aromatic heterocycles. The molecule has 2 amide bonds. The maximum absolute atomic E-state index is 11.9. The summed E-state index contributed by atoms with van der Waals surface area (Å²) < 4.78 is 5.89. The first-order valence-electron chi connectivity index (χ1n) is 9.75. The van der Waals surface area contributed by atoms with Crippen molar-refractivity contribution in [1.29, 1.82) is 0 Å². The van der Waals surface area contributed by atoms with Gasteiger partial charge in [0.15, 0.2) is 0 Å². The maximum atomic E-state index is 11.9. The highest BCUT2D eigenvalue weighted by Gasteiger charge is 2.21. The van der Waals surface area contributed by atoms with Gasteiger partial charge in [-0.25, -0.2) is 0 Å². The molecule has 0 bridgehead atoms. The van der Waals surface area contributed by atoms with Gasteiger partial charge in [-0.1, -0.05) is 48.5 Å². The van der Waals surface area contributed by atoms with Gasteiger partial charge in [0.05, 0.1) is 12.7 Å². The Labute approximate surface area is 165 Å². The third-order valence-electron chi connectivity index (χ3n) is 4.75. The molecule has 2 aromatic rings. The van der Waals surface area contributed by atoms with Crippen LogP contribution in [0.3, 0.4) is 0 Å². The number of rotatable bonds is 7. The van der Waals surface area contributed by atoms with Crippen molar-refractivity contribution in [2.24, 2.45) is 0 Å². The molecule has 1 aliphatic rings. The van der Waals surface area contributed by atoms with E-state index >= 15 is 0 Å². The van der Waals surface area contributed by atoms with Crippen molar-refractivity contribution in [3.63, 3.8) is 0 Å². The van der Waals surface area contributed by atoms with E-state index in [0.29, 0.717) is 12.2 Å². The van der Waals surface area contributed by atoms with Crippen molar-refractivity contribution < 1.29 is 14.3 Å². The summed E-state index contributed by atoms with van der Waals surface area (Å²) >= 11 is 0. The van der Waals surface area contributed by atoms with Gasteiger partial charge in [0.25, 0.3) is 0 Å². The highest BCUT2D eigenvalue weighted by Crippen LogP contribution is 2.21. The SMILES string of the molecule is O=C(NCCCCN1CCOC(c2ccccc2)C1)C(=O)Nc1ccccc1. The summed E-state index contributed by atoms with van der Waals surface area (Å²) in [6, 6.07) is 19.2. The molecule has 1 atom stereocenters. The summed E-state index contributed by atoms with van der Waals surface area (Å²) in [5.74, 6) is -1.23. The lowest BCUT2D eigenvalue weighted by molar-refractivity contribution is -0.136. The highest BCUT2D eigenvalue weighted by molar-refractivity contribution is 6.39. The molecule has 2 aromatic carbocycles. The van der Waals surface area contributed by atoms with Gasteiger partial charge in [0.2, 0.25) is 0 Å². The Bertz CT molecular complexity index is 752. The van der Waals surface area contributed by atoms with Crippen molar-refractivity contribution in [2.75, 3.05) is 38.1 Å². The minimum atomic E-state index is -0.634. The van der Waals surface area contributed by atoms with E-state index in [0.717, 1.165) is 39.1 Å². The van der Waals surface area contributed by atoms with Crippen LogP contribution in [-0.4, -0.2) is 49.5 Å². The minimum absolute atomic E-state index is 0.122. The second kappa shape index (κ2) is 10.6. The van der Waals surface area contributed by atoms with Crippen LogP contribution < -0.4 is 10.6 Å². The second-order valence-electron chi connectivity index (χ2n) is 6.85. The molecule has 1 aliphatic heterocycles. The Morgan fingerprint density at radius 3 is 2.43 bits per heavy atom. The number of amides is 2. The average molecular weight is 381 g/mol. The molecule has 0 saturated carbocycles. The normalized spacial score (nSPS) is 17.1. The van der Waals surface area contributed by atoms with E-state index in [1.807, 2.05) is 36.4 Å². The zero-order chi connectivity index (χ0) is 19.6. The Morgan fingerprint density at radius 1 is 0.964 bits per heavy atom. The zero-order valence-electron chi connectivity index (χ0n) is 16.0. The van der Waals surface area contributed by atoms with Gasteiger partial charge in [-0.2, -0.15) is 0 Å². The molecule has 6 nitrogen and oxygen atoms in total. The first-order valence-corrected chi connectivity index (χ1v) is 9.75. The standard InChI is InChI=1S/C22H27N3O3/c26-21(22(27)24-19-11-5-2-6-12-19)23-13-7-8-14-25-15-16-28-20(17-25)18-9-3-1-4-10-18/h1-6,9-12,20H,7-8,13-17H2,(H,23,26)(H,24,27). The molecule has 3 rings (SSSR count). The molecule has 1 heterocycles. The molecular formula is C22H27N3O3. The topological polar surface area (TPSA) is 70.7 Å². The zero-order valence-corrected chi connectivity index (χ0v) is 16.0. The highest BCUT2D eigenvalue weighted by atomic mass is 16.5. The van der Waals surface area contributed by atoms with E-state index in [-0.39, 0.29) is 6.10 Å². The fourth-order valence-electron chi connectivity index (χ4n) is 3.23. The lowest BCUT2D eigenvalue weighted by atomic mass is 10.1. The molecule has 0 radical (unpaired) electrons. The predicted octanol–water partition coefficient (Wildman–Crippen LogP) is 2.59. The summed E-state index contributed by atoms with van der Waals surface area (Å²) in [6.45, 7) is 3.99. The number of nitrogens with zero attached hydrogens (tertiary/aromatic N) is 1. The number of hydrogen-bond acceptors (Lipinski definition) is 4. The van der Waals surface area contributed by atoms with E-state index in [9.17, 15) is 9.59 Å². The predicted molar refractivity (Wildman–Crippen MR) is 109 cm³/mol. The van der Waals surface area contributed by atoms with Gasteiger partial charge < -0.3 is 15.4 Å². The lowest BCUT2D eigenvalue weighted by Gasteiger charge is -2.33. The quantitative estimate of drug-likeness (QED) is 0.571. The second-order valence-corrected chi connectivity index (χ2v) is 6.85. The number of morpholine rings is 1. The Morgan fingerprint density at radius 2 is 1.68 bits per heavy atom. The molecule has 2 N–H and O–H groups in total. The van der Waals surface area contributed by atoms with E-state index in [1.165, 1.54) is 5.56 Å². The number of benzene rings is 2. The number of carbonyl (C=O) groups is 2. The summed E-state index contributed by atoms with van der Waals surface area (Å²) in [4.78, 5) is 26.1. The van der Waals surface area contributed by atoms with Crippen LogP contribution in [-0.2, 0) is 14.3 Å².